The van der Waals surface area contributed by atoms with Gasteiger partial charge < -0.3 is 19.3 Å². The van der Waals surface area contributed by atoms with Gasteiger partial charge in [-0.15, -0.1) is 10.2 Å². The van der Waals surface area contributed by atoms with Crippen LogP contribution in [0.3, 0.4) is 0 Å². The number of methoxy groups -OCH3 is 2. The van der Waals surface area contributed by atoms with Gasteiger partial charge >= 0.3 is 0 Å². The maximum atomic E-state index is 9.87. The number of hydrogen-bond acceptors (Lipinski definition) is 8. The predicted molar refractivity (Wildman–Crippen MR) is 85.8 cm³/mol. The molecule has 22 heavy (non-hydrogen) atoms. The molecule has 0 aliphatic carbocycles. The maximum absolute atomic E-state index is 9.87. The quantitative estimate of drug-likeness (QED) is 0.700. The van der Waals surface area contributed by atoms with E-state index in [4.69, 9.17) is 14.2 Å². The van der Waals surface area contributed by atoms with E-state index in [9.17, 15) is 5.11 Å². The molecule has 1 N–H and O–H groups in total. The van der Waals surface area contributed by atoms with Crippen molar-refractivity contribution >= 4 is 23.1 Å². The van der Waals surface area contributed by atoms with Crippen molar-refractivity contribution in [1.29, 1.82) is 0 Å². The lowest BCUT2D eigenvalue weighted by Gasteiger charge is -2.12. The van der Waals surface area contributed by atoms with E-state index in [1.165, 1.54) is 23.1 Å². The molecule has 0 saturated heterocycles. The molecule has 1 atom stereocenters. The van der Waals surface area contributed by atoms with Crippen LogP contribution in [0.5, 0.6) is 11.5 Å². The van der Waals surface area contributed by atoms with Crippen LogP contribution in [-0.2, 0) is 11.3 Å². The van der Waals surface area contributed by atoms with E-state index >= 15 is 0 Å². The van der Waals surface area contributed by atoms with Gasteiger partial charge in [-0.1, -0.05) is 29.2 Å². The number of ether oxygens (including phenoxy) is 3. The minimum Gasteiger partial charge on any atom is -0.493 e. The van der Waals surface area contributed by atoms with Crippen LogP contribution < -0.4 is 9.47 Å². The molecule has 0 radical (unpaired) electrons. The minimum atomic E-state index is -0.547. The molecule has 0 bridgehead atoms. The Kier molecular flexibility index (Phi) is 6.91. The summed E-state index contributed by atoms with van der Waals surface area (Å²) >= 11 is 2.93. The standard InChI is InChI=1S/C14H18N2O4S2/c1-18-12-4-3-10(5-13(12)19-2)6-20-7-11(17)8-21-14-16-15-9-22-14/h3-5,9,11,17H,6-8H2,1-2H3/t11-/m0/s1. The first-order chi connectivity index (χ1) is 10.7. The summed E-state index contributed by atoms with van der Waals surface area (Å²) in [7, 11) is 3.19. The molecule has 0 aliphatic heterocycles. The summed E-state index contributed by atoms with van der Waals surface area (Å²) in [6.45, 7) is 0.668. The molecule has 0 aliphatic rings. The lowest BCUT2D eigenvalue weighted by atomic mass is 10.2. The third-order valence-electron chi connectivity index (χ3n) is 2.77. The number of benzene rings is 1. The second-order valence-electron chi connectivity index (χ2n) is 4.37. The Balaban J connectivity index is 1.73. The number of aliphatic hydroxyl groups excluding tert-OH is 1. The average molecular weight is 342 g/mol. The van der Waals surface area contributed by atoms with Gasteiger partial charge in [0.05, 0.1) is 33.5 Å². The van der Waals surface area contributed by atoms with Crippen molar-refractivity contribution in [2.45, 2.75) is 17.1 Å². The molecular weight excluding hydrogens is 324 g/mol. The number of nitrogens with zero attached hydrogens (tertiary/aromatic N) is 2. The smallest absolute Gasteiger partial charge is 0.174 e. The fraction of sp³-hybridized carbons (Fsp3) is 0.429. The molecule has 0 saturated carbocycles. The Bertz CT molecular complexity index is 566. The first kappa shape index (κ1) is 17.0. The number of rotatable bonds is 9. The Hall–Kier alpha value is -1.35. The Morgan fingerprint density at radius 2 is 2.09 bits per heavy atom. The van der Waals surface area contributed by atoms with Gasteiger partial charge in [0.25, 0.3) is 0 Å². The van der Waals surface area contributed by atoms with E-state index in [0.29, 0.717) is 23.9 Å². The van der Waals surface area contributed by atoms with Crippen molar-refractivity contribution in [3.63, 3.8) is 0 Å². The number of hydrogen-bond donors (Lipinski definition) is 1. The van der Waals surface area contributed by atoms with E-state index in [0.717, 1.165) is 9.90 Å². The first-order valence-corrected chi connectivity index (χ1v) is 8.45. The monoisotopic (exact) mass is 342 g/mol. The van der Waals surface area contributed by atoms with Gasteiger partial charge in [-0.2, -0.15) is 0 Å². The number of aromatic nitrogens is 2. The van der Waals surface area contributed by atoms with Gasteiger partial charge in [0, 0.05) is 5.75 Å². The van der Waals surface area contributed by atoms with E-state index in [-0.39, 0.29) is 6.61 Å². The highest BCUT2D eigenvalue weighted by molar-refractivity contribution is 8.01. The molecule has 0 spiro atoms. The van der Waals surface area contributed by atoms with Crippen LogP contribution in [0.4, 0.5) is 0 Å². The van der Waals surface area contributed by atoms with Crippen molar-refractivity contribution in [1.82, 2.24) is 10.2 Å². The lowest BCUT2D eigenvalue weighted by Crippen LogP contribution is -2.17. The molecule has 120 valence electrons. The van der Waals surface area contributed by atoms with Gasteiger partial charge in [-0.05, 0) is 17.7 Å². The minimum absolute atomic E-state index is 0.264. The SMILES string of the molecule is COc1ccc(COC[C@H](O)CSc2nncs2)cc1OC. The Morgan fingerprint density at radius 1 is 1.27 bits per heavy atom. The van der Waals surface area contributed by atoms with Gasteiger partial charge in [0.1, 0.15) is 5.51 Å². The fourth-order valence-electron chi connectivity index (χ4n) is 1.72. The van der Waals surface area contributed by atoms with Crippen molar-refractivity contribution in [3.8, 4) is 11.5 Å². The molecule has 0 fully saturated rings. The summed E-state index contributed by atoms with van der Waals surface area (Å²) in [6.07, 6.45) is -0.547. The van der Waals surface area contributed by atoms with E-state index < -0.39 is 6.10 Å². The molecule has 0 unspecified atom stereocenters. The topological polar surface area (TPSA) is 73.7 Å². The van der Waals surface area contributed by atoms with E-state index in [1.54, 1.807) is 19.7 Å². The van der Waals surface area contributed by atoms with E-state index in [1.807, 2.05) is 18.2 Å². The van der Waals surface area contributed by atoms with Crippen molar-refractivity contribution in [3.05, 3.63) is 29.3 Å². The van der Waals surface area contributed by atoms with Crippen molar-refractivity contribution in [2.75, 3.05) is 26.6 Å². The van der Waals surface area contributed by atoms with Crippen molar-refractivity contribution < 1.29 is 19.3 Å². The molecule has 1 aromatic heterocycles. The van der Waals surface area contributed by atoms with Gasteiger partial charge in [0.2, 0.25) is 0 Å². The summed E-state index contributed by atoms with van der Waals surface area (Å²) in [6, 6.07) is 5.60. The van der Waals surface area contributed by atoms with Crippen LogP contribution in [0.15, 0.2) is 28.0 Å². The second kappa shape index (κ2) is 8.94. The molecule has 1 heterocycles. The van der Waals surface area contributed by atoms with Gasteiger partial charge in [0.15, 0.2) is 15.8 Å². The summed E-state index contributed by atoms with van der Waals surface area (Å²) in [5.41, 5.74) is 2.63. The Morgan fingerprint density at radius 3 is 2.77 bits per heavy atom. The molecule has 2 aromatic rings. The molecule has 6 nitrogen and oxygen atoms in total. The maximum Gasteiger partial charge on any atom is 0.174 e. The highest BCUT2D eigenvalue weighted by atomic mass is 32.2. The van der Waals surface area contributed by atoms with Crippen LogP contribution >= 0.6 is 23.1 Å². The predicted octanol–water partition coefficient (Wildman–Crippen LogP) is 2.23. The highest BCUT2D eigenvalue weighted by Crippen LogP contribution is 2.27. The van der Waals surface area contributed by atoms with Crippen LogP contribution in [0.1, 0.15) is 5.56 Å². The first-order valence-electron chi connectivity index (χ1n) is 6.58. The number of aliphatic hydroxyl groups is 1. The average Bonchev–Trinajstić information content (AvgIpc) is 3.06. The van der Waals surface area contributed by atoms with Gasteiger partial charge in [-0.25, -0.2) is 0 Å². The van der Waals surface area contributed by atoms with Crippen LogP contribution in [-0.4, -0.2) is 48.0 Å². The molecular formula is C14H18N2O4S2. The summed E-state index contributed by atoms with van der Waals surface area (Å²) in [5, 5.41) is 17.5. The fourth-order valence-corrected chi connectivity index (χ4v) is 3.14. The summed E-state index contributed by atoms with van der Waals surface area (Å²) in [4.78, 5) is 0. The van der Waals surface area contributed by atoms with Crippen molar-refractivity contribution in [2.24, 2.45) is 0 Å². The normalized spacial score (nSPS) is 12.1. The molecule has 1 aromatic carbocycles. The zero-order valence-electron chi connectivity index (χ0n) is 12.4. The number of thioether (sulfide) groups is 1. The van der Waals surface area contributed by atoms with Crippen LogP contribution in [0.25, 0.3) is 0 Å². The molecule has 8 heteroatoms. The van der Waals surface area contributed by atoms with Crippen LogP contribution in [0, 0.1) is 0 Å². The summed E-state index contributed by atoms with van der Waals surface area (Å²) in [5.74, 6) is 1.87. The van der Waals surface area contributed by atoms with Crippen LogP contribution in [0.2, 0.25) is 0 Å². The second-order valence-corrected chi connectivity index (χ2v) is 6.47. The third-order valence-corrected chi connectivity index (χ3v) is 4.77. The molecule has 0 amide bonds. The highest BCUT2D eigenvalue weighted by Gasteiger charge is 2.09. The Labute approximate surface area is 137 Å². The van der Waals surface area contributed by atoms with Gasteiger partial charge in [-0.3, -0.25) is 0 Å². The zero-order valence-corrected chi connectivity index (χ0v) is 14.0. The lowest BCUT2D eigenvalue weighted by molar-refractivity contribution is 0.0397. The van der Waals surface area contributed by atoms with E-state index in [2.05, 4.69) is 10.2 Å². The third kappa shape index (κ3) is 5.13. The largest absolute Gasteiger partial charge is 0.493 e. The summed E-state index contributed by atoms with van der Waals surface area (Å²) < 4.78 is 16.8. The molecule has 2 rings (SSSR count). The zero-order chi connectivity index (χ0) is 15.8.